The molecule has 2 N–H and O–H groups in total. The first-order chi connectivity index (χ1) is 9.92. The summed E-state index contributed by atoms with van der Waals surface area (Å²) in [5.41, 5.74) is 9.99. The highest BCUT2D eigenvalue weighted by molar-refractivity contribution is 6.31. The second kappa shape index (κ2) is 6.50. The van der Waals surface area contributed by atoms with Crippen LogP contribution in [0.3, 0.4) is 0 Å². The topological polar surface area (TPSA) is 35.2 Å². The lowest BCUT2D eigenvalue weighted by Gasteiger charge is -2.16. The number of aryl methyl sites for hydroxylation is 2. The van der Waals surface area contributed by atoms with Crippen LogP contribution >= 0.6 is 11.6 Å². The fraction of sp³-hybridized carbons (Fsp3) is 0.333. The van der Waals surface area contributed by atoms with Crippen LogP contribution in [0.25, 0.3) is 0 Å². The molecule has 112 valence electrons. The summed E-state index contributed by atoms with van der Waals surface area (Å²) in [5.74, 6) is 2.05. The van der Waals surface area contributed by atoms with Crippen molar-refractivity contribution in [3.8, 4) is 11.5 Å². The Kier molecular flexibility index (Phi) is 4.92. The number of halogens is 1. The lowest BCUT2D eigenvalue weighted by molar-refractivity contribution is 0.473. The quantitative estimate of drug-likeness (QED) is 0.828. The maximum absolute atomic E-state index is 6.31. The molecule has 0 saturated heterocycles. The molecule has 2 aromatic carbocycles. The summed E-state index contributed by atoms with van der Waals surface area (Å²) in [6.45, 7) is 8.80. The maximum atomic E-state index is 6.31. The molecule has 0 atom stereocenters. The van der Waals surface area contributed by atoms with E-state index in [-0.39, 0.29) is 0 Å². The molecule has 0 amide bonds. The average molecular weight is 304 g/mol. The Morgan fingerprint density at radius 2 is 1.71 bits per heavy atom. The van der Waals surface area contributed by atoms with Gasteiger partial charge in [-0.15, -0.1) is 0 Å². The van der Waals surface area contributed by atoms with Gasteiger partial charge in [0.1, 0.15) is 11.5 Å². The minimum Gasteiger partial charge on any atom is -0.457 e. The second-order valence-corrected chi connectivity index (χ2v) is 6.11. The average Bonchev–Trinajstić information content (AvgIpc) is 2.43. The van der Waals surface area contributed by atoms with Crippen molar-refractivity contribution in [1.82, 2.24) is 0 Å². The van der Waals surface area contributed by atoms with E-state index in [0.29, 0.717) is 12.5 Å². The maximum Gasteiger partial charge on any atom is 0.130 e. The molecule has 0 unspecified atom stereocenters. The van der Waals surface area contributed by atoms with Crippen molar-refractivity contribution >= 4 is 11.6 Å². The predicted molar refractivity (Wildman–Crippen MR) is 89.4 cm³/mol. The van der Waals surface area contributed by atoms with E-state index >= 15 is 0 Å². The van der Waals surface area contributed by atoms with Crippen LogP contribution in [0.1, 0.15) is 42.0 Å². The summed E-state index contributed by atoms with van der Waals surface area (Å²) in [5, 5.41) is 0.794. The second-order valence-electron chi connectivity index (χ2n) is 5.70. The summed E-state index contributed by atoms with van der Waals surface area (Å²) in [6.07, 6.45) is 0. The van der Waals surface area contributed by atoms with E-state index in [0.717, 1.165) is 38.8 Å². The zero-order valence-corrected chi connectivity index (χ0v) is 13.8. The van der Waals surface area contributed by atoms with Gasteiger partial charge in [-0.05, 0) is 60.2 Å². The lowest BCUT2D eigenvalue weighted by atomic mass is 10.0. The van der Waals surface area contributed by atoms with Gasteiger partial charge in [0.15, 0.2) is 0 Å². The van der Waals surface area contributed by atoms with Gasteiger partial charge < -0.3 is 10.5 Å². The third-order valence-electron chi connectivity index (χ3n) is 3.62. The van der Waals surface area contributed by atoms with E-state index in [1.807, 2.05) is 44.2 Å². The standard InChI is InChI=1S/C18H22ClNO/c1-11(2)15-9-18(13(4)7-16(15)19)21-17-8-14(10-20)6-5-12(17)3/h5-9,11H,10,20H2,1-4H3. The zero-order chi connectivity index (χ0) is 15.6. The largest absolute Gasteiger partial charge is 0.457 e. The molecule has 0 heterocycles. The highest BCUT2D eigenvalue weighted by atomic mass is 35.5. The van der Waals surface area contributed by atoms with Crippen LogP contribution in [0.2, 0.25) is 5.02 Å². The third kappa shape index (κ3) is 3.58. The van der Waals surface area contributed by atoms with E-state index in [1.54, 1.807) is 0 Å². The van der Waals surface area contributed by atoms with Gasteiger partial charge in [-0.25, -0.2) is 0 Å². The number of hydrogen-bond acceptors (Lipinski definition) is 2. The summed E-state index contributed by atoms with van der Waals surface area (Å²) < 4.78 is 6.11. The molecule has 0 aliphatic carbocycles. The van der Waals surface area contributed by atoms with Gasteiger partial charge >= 0.3 is 0 Å². The molecule has 2 rings (SSSR count). The zero-order valence-electron chi connectivity index (χ0n) is 13.0. The van der Waals surface area contributed by atoms with Crippen LogP contribution in [0.4, 0.5) is 0 Å². The summed E-state index contributed by atoms with van der Waals surface area (Å²) >= 11 is 6.31. The van der Waals surface area contributed by atoms with Crippen LogP contribution in [0.15, 0.2) is 30.3 Å². The molecule has 0 saturated carbocycles. The van der Waals surface area contributed by atoms with Crippen LogP contribution in [-0.2, 0) is 6.54 Å². The van der Waals surface area contributed by atoms with Crippen molar-refractivity contribution in [2.75, 3.05) is 0 Å². The van der Waals surface area contributed by atoms with Gasteiger partial charge in [0.25, 0.3) is 0 Å². The van der Waals surface area contributed by atoms with Gasteiger partial charge in [-0.3, -0.25) is 0 Å². The van der Waals surface area contributed by atoms with E-state index in [1.165, 1.54) is 0 Å². The van der Waals surface area contributed by atoms with Crippen LogP contribution < -0.4 is 10.5 Å². The molecule has 2 aromatic rings. The molecule has 0 aliphatic heterocycles. The summed E-state index contributed by atoms with van der Waals surface area (Å²) in [6, 6.07) is 10.1. The number of benzene rings is 2. The minimum atomic E-state index is 0.358. The Balaban J connectivity index is 2.42. The van der Waals surface area contributed by atoms with Gasteiger partial charge in [-0.2, -0.15) is 0 Å². The van der Waals surface area contributed by atoms with Gasteiger partial charge in [0.05, 0.1) is 0 Å². The molecule has 3 heteroatoms. The fourth-order valence-corrected chi connectivity index (χ4v) is 2.66. The summed E-state index contributed by atoms with van der Waals surface area (Å²) in [4.78, 5) is 0. The molecule has 0 bridgehead atoms. The molecule has 2 nitrogen and oxygen atoms in total. The molecule has 0 spiro atoms. The van der Waals surface area contributed by atoms with E-state index in [4.69, 9.17) is 22.1 Å². The van der Waals surface area contributed by atoms with Crippen LogP contribution in [-0.4, -0.2) is 0 Å². The first kappa shape index (κ1) is 15.9. The first-order valence-electron chi connectivity index (χ1n) is 7.20. The van der Waals surface area contributed by atoms with Crippen molar-refractivity contribution in [2.45, 2.75) is 40.2 Å². The minimum absolute atomic E-state index is 0.358. The Morgan fingerprint density at radius 1 is 1.05 bits per heavy atom. The highest BCUT2D eigenvalue weighted by Crippen LogP contribution is 2.35. The number of nitrogens with two attached hydrogens (primary N) is 1. The van der Waals surface area contributed by atoms with E-state index in [9.17, 15) is 0 Å². The first-order valence-corrected chi connectivity index (χ1v) is 7.57. The SMILES string of the molecule is Cc1ccc(CN)cc1Oc1cc(C(C)C)c(Cl)cc1C. The Bertz CT molecular complexity index is 650. The van der Waals surface area contributed by atoms with Gasteiger partial charge in [-0.1, -0.05) is 37.6 Å². The van der Waals surface area contributed by atoms with Crippen molar-refractivity contribution in [3.05, 3.63) is 57.6 Å². The smallest absolute Gasteiger partial charge is 0.130 e. The summed E-state index contributed by atoms with van der Waals surface area (Å²) in [7, 11) is 0. The number of rotatable bonds is 4. The lowest BCUT2D eigenvalue weighted by Crippen LogP contribution is -1.99. The molecule has 0 aliphatic rings. The Morgan fingerprint density at radius 3 is 2.33 bits per heavy atom. The van der Waals surface area contributed by atoms with Crippen LogP contribution in [0, 0.1) is 13.8 Å². The van der Waals surface area contributed by atoms with Gasteiger partial charge in [0, 0.05) is 11.6 Å². The van der Waals surface area contributed by atoms with E-state index in [2.05, 4.69) is 13.8 Å². The molecule has 21 heavy (non-hydrogen) atoms. The van der Waals surface area contributed by atoms with Crippen LogP contribution in [0.5, 0.6) is 11.5 Å². The molecule has 0 fully saturated rings. The Hall–Kier alpha value is -1.51. The van der Waals surface area contributed by atoms with Crippen molar-refractivity contribution < 1.29 is 4.74 Å². The molecular weight excluding hydrogens is 282 g/mol. The molecule has 0 radical (unpaired) electrons. The van der Waals surface area contributed by atoms with Crippen molar-refractivity contribution in [1.29, 1.82) is 0 Å². The predicted octanol–water partition coefficient (Wildman–Crippen LogP) is 5.33. The number of hydrogen-bond donors (Lipinski definition) is 1. The van der Waals surface area contributed by atoms with Gasteiger partial charge in [0.2, 0.25) is 0 Å². The Labute approximate surface area is 131 Å². The molecule has 0 aromatic heterocycles. The number of ether oxygens (including phenoxy) is 1. The highest BCUT2D eigenvalue weighted by Gasteiger charge is 2.12. The third-order valence-corrected chi connectivity index (χ3v) is 3.95. The molecular formula is C18H22ClNO. The van der Waals surface area contributed by atoms with E-state index < -0.39 is 0 Å². The van der Waals surface area contributed by atoms with Crippen molar-refractivity contribution in [2.24, 2.45) is 5.73 Å². The van der Waals surface area contributed by atoms with Crippen molar-refractivity contribution in [3.63, 3.8) is 0 Å². The normalized spacial score (nSPS) is 11.0. The fourth-order valence-electron chi connectivity index (χ4n) is 2.22. The monoisotopic (exact) mass is 303 g/mol.